The zero-order chi connectivity index (χ0) is 12.3. The van der Waals surface area contributed by atoms with Gasteiger partial charge in [0.15, 0.2) is 17.3 Å². The normalized spacial score (nSPS) is 13.3. The summed E-state index contributed by atoms with van der Waals surface area (Å²) in [6.07, 6.45) is 0. The van der Waals surface area contributed by atoms with Crippen LogP contribution < -0.4 is 19.5 Å². The van der Waals surface area contributed by atoms with E-state index in [-0.39, 0.29) is 12.3 Å². The summed E-state index contributed by atoms with van der Waals surface area (Å²) >= 11 is 0. The quantitative estimate of drug-likeness (QED) is 0.787. The van der Waals surface area contributed by atoms with E-state index in [2.05, 4.69) is 5.32 Å². The zero-order valence-corrected chi connectivity index (χ0v) is 9.91. The summed E-state index contributed by atoms with van der Waals surface area (Å²) in [6.45, 7) is 1.26. The lowest BCUT2D eigenvalue weighted by Gasteiger charge is -2.21. The van der Waals surface area contributed by atoms with Crippen molar-refractivity contribution < 1.29 is 19.0 Å². The van der Waals surface area contributed by atoms with Crippen molar-refractivity contribution in [3.8, 4) is 17.2 Å². The summed E-state index contributed by atoms with van der Waals surface area (Å²) in [5, 5.41) is 2.82. The third kappa shape index (κ3) is 2.34. The number of carbonyl (C=O) groups excluding carboxylic acids is 1. The maximum Gasteiger partial charge on any atom is 0.203 e. The summed E-state index contributed by atoms with van der Waals surface area (Å²) in [5.41, 5.74) is 0.556. The van der Waals surface area contributed by atoms with Gasteiger partial charge in [-0.05, 0) is 19.2 Å². The Bertz CT molecular complexity index is 414. The average Bonchev–Trinajstić information content (AvgIpc) is 2.37. The lowest BCUT2D eigenvalue weighted by Crippen LogP contribution is -2.20. The Morgan fingerprint density at radius 3 is 2.88 bits per heavy atom. The van der Waals surface area contributed by atoms with Crippen LogP contribution >= 0.6 is 0 Å². The van der Waals surface area contributed by atoms with Gasteiger partial charge in [0.2, 0.25) is 5.75 Å². The van der Waals surface area contributed by atoms with Crippen LogP contribution in [0.3, 0.4) is 0 Å². The standard InChI is InChI=1S/C12H15NO4/c1-13-7-9(14)8-5-10(15-2)12-11(6-8)16-3-4-17-12/h5-6,13H,3-4,7H2,1-2H3. The van der Waals surface area contributed by atoms with Crippen LogP contribution in [0.5, 0.6) is 17.2 Å². The van der Waals surface area contributed by atoms with Crippen molar-refractivity contribution in [2.24, 2.45) is 0 Å². The summed E-state index contributed by atoms with van der Waals surface area (Å²) in [5.74, 6) is 1.65. The number of likely N-dealkylation sites (N-methyl/N-ethyl adjacent to an activating group) is 1. The second-order valence-electron chi connectivity index (χ2n) is 3.66. The third-order valence-electron chi connectivity index (χ3n) is 2.49. The molecule has 0 fully saturated rings. The molecule has 1 aromatic carbocycles. The van der Waals surface area contributed by atoms with Gasteiger partial charge in [0.25, 0.3) is 0 Å². The molecule has 0 aliphatic carbocycles. The molecule has 0 radical (unpaired) electrons. The number of hydrogen-bond acceptors (Lipinski definition) is 5. The lowest BCUT2D eigenvalue weighted by atomic mass is 10.1. The van der Waals surface area contributed by atoms with Crippen LogP contribution in [-0.4, -0.2) is 39.7 Å². The molecular formula is C12H15NO4. The van der Waals surface area contributed by atoms with Crippen LogP contribution in [0.15, 0.2) is 12.1 Å². The molecule has 5 nitrogen and oxygen atoms in total. The molecule has 0 amide bonds. The molecule has 2 rings (SSSR count). The molecule has 0 saturated carbocycles. The van der Waals surface area contributed by atoms with Crippen LogP contribution in [0, 0.1) is 0 Å². The number of hydrogen-bond donors (Lipinski definition) is 1. The molecule has 1 aliphatic rings. The van der Waals surface area contributed by atoms with Crippen molar-refractivity contribution in [2.45, 2.75) is 0 Å². The van der Waals surface area contributed by atoms with Crippen molar-refractivity contribution in [2.75, 3.05) is 33.9 Å². The lowest BCUT2D eigenvalue weighted by molar-refractivity contribution is 0.0991. The Morgan fingerprint density at radius 2 is 2.18 bits per heavy atom. The van der Waals surface area contributed by atoms with E-state index in [1.807, 2.05) is 0 Å². The Morgan fingerprint density at radius 1 is 1.41 bits per heavy atom. The van der Waals surface area contributed by atoms with E-state index in [4.69, 9.17) is 14.2 Å². The highest BCUT2D eigenvalue weighted by molar-refractivity contribution is 5.98. The minimum absolute atomic E-state index is 0.0113. The van der Waals surface area contributed by atoms with E-state index >= 15 is 0 Å². The van der Waals surface area contributed by atoms with Gasteiger partial charge in [0, 0.05) is 5.56 Å². The fraction of sp³-hybridized carbons (Fsp3) is 0.417. The molecule has 0 aromatic heterocycles. The van der Waals surface area contributed by atoms with E-state index in [1.165, 1.54) is 0 Å². The van der Waals surface area contributed by atoms with E-state index < -0.39 is 0 Å². The fourth-order valence-electron chi connectivity index (χ4n) is 1.70. The maximum absolute atomic E-state index is 11.8. The number of fused-ring (bicyclic) bond motifs is 1. The molecule has 0 atom stereocenters. The van der Waals surface area contributed by atoms with Crippen LogP contribution in [0.4, 0.5) is 0 Å². The smallest absolute Gasteiger partial charge is 0.203 e. The van der Waals surface area contributed by atoms with Crippen LogP contribution in [0.1, 0.15) is 10.4 Å². The number of benzene rings is 1. The first-order valence-corrected chi connectivity index (χ1v) is 5.41. The summed E-state index contributed by atoms with van der Waals surface area (Å²) < 4.78 is 16.1. The topological polar surface area (TPSA) is 56.8 Å². The average molecular weight is 237 g/mol. The largest absolute Gasteiger partial charge is 0.493 e. The zero-order valence-electron chi connectivity index (χ0n) is 9.91. The maximum atomic E-state index is 11.8. The molecule has 0 spiro atoms. The van der Waals surface area contributed by atoms with E-state index in [1.54, 1.807) is 26.3 Å². The first kappa shape index (κ1) is 11.7. The molecule has 0 unspecified atom stereocenters. The molecular weight excluding hydrogens is 222 g/mol. The van der Waals surface area contributed by atoms with Crippen LogP contribution in [0.25, 0.3) is 0 Å². The number of rotatable bonds is 4. The van der Waals surface area contributed by atoms with Crippen molar-refractivity contribution in [3.05, 3.63) is 17.7 Å². The number of nitrogens with one attached hydrogen (secondary N) is 1. The Kier molecular flexibility index (Phi) is 3.49. The van der Waals surface area contributed by atoms with Crippen molar-refractivity contribution in [3.63, 3.8) is 0 Å². The van der Waals surface area contributed by atoms with Crippen LogP contribution in [0.2, 0.25) is 0 Å². The van der Waals surface area contributed by atoms with Gasteiger partial charge in [0.05, 0.1) is 13.7 Å². The number of ketones is 1. The van der Waals surface area contributed by atoms with Gasteiger partial charge >= 0.3 is 0 Å². The molecule has 0 bridgehead atoms. The predicted molar refractivity (Wildman–Crippen MR) is 62.2 cm³/mol. The Balaban J connectivity index is 2.39. The predicted octanol–water partition coefficient (Wildman–Crippen LogP) is 0.869. The Hall–Kier alpha value is -1.75. The Labute approximate surface area is 99.7 Å². The van der Waals surface area contributed by atoms with Gasteiger partial charge in [-0.25, -0.2) is 0 Å². The first-order chi connectivity index (χ1) is 8.26. The molecule has 0 saturated heterocycles. The van der Waals surface area contributed by atoms with Gasteiger partial charge < -0.3 is 19.5 Å². The minimum Gasteiger partial charge on any atom is -0.493 e. The third-order valence-corrected chi connectivity index (χ3v) is 2.49. The van der Waals surface area contributed by atoms with Crippen molar-refractivity contribution >= 4 is 5.78 Å². The number of Topliss-reactive ketones (excluding diaryl/α,β-unsaturated/α-hetero) is 1. The second-order valence-corrected chi connectivity index (χ2v) is 3.66. The molecule has 92 valence electrons. The molecule has 1 aromatic rings. The number of carbonyl (C=O) groups is 1. The van der Waals surface area contributed by atoms with Gasteiger partial charge in [0.1, 0.15) is 13.2 Å². The van der Waals surface area contributed by atoms with Gasteiger partial charge in [-0.15, -0.1) is 0 Å². The van der Waals surface area contributed by atoms with E-state index in [0.29, 0.717) is 36.0 Å². The second kappa shape index (κ2) is 5.05. The number of ether oxygens (including phenoxy) is 3. The summed E-state index contributed by atoms with van der Waals surface area (Å²) in [6, 6.07) is 3.36. The van der Waals surface area contributed by atoms with E-state index in [0.717, 1.165) is 0 Å². The molecule has 1 aliphatic heterocycles. The van der Waals surface area contributed by atoms with Crippen molar-refractivity contribution in [1.82, 2.24) is 5.32 Å². The van der Waals surface area contributed by atoms with Crippen molar-refractivity contribution in [1.29, 1.82) is 0 Å². The number of methoxy groups -OCH3 is 1. The first-order valence-electron chi connectivity index (χ1n) is 5.41. The van der Waals surface area contributed by atoms with Gasteiger partial charge in [-0.2, -0.15) is 0 Å². The monoisotopic (exact) mass is 237 g/mol. The SMILES string of the molecule is CNCC(=O)c1cc(OC)c2c(c1)OCCO2. The molecule has 1 N–H and O–H groups in total. The van der Waals surface area contributed by atoms with E-state index in [9.17, 15) is 4.79 Å². The highest BCUT2D eigenvalue weighted by atomic mass is 16.6. The summed E-state index contributed by atoms with van der Waals surface area (Å²) in [7, 11) is 3.27. The van der Waals surface area contributed by atoms with Crippen LogP contribution in [-0.2, 0) is 0 Å². The fourth-order valence-corrected chi connectivity index (χ4v) is 1.70. The summed E-state index contributed by atoms with van der Waals surface area (Å²) in [4.78, 5) is 11.8. The van der Waals surface area contributed by atoms with Gasteiger partial charge in [-0.1, -0.05) is 0 Å². The highest BCUT2D eigenvalue weighted by Gasteiger charge is 2.20. The molecule has 17 heavy (non-hydrogen) atoms. The molecule has 5 heteroatoms. The van der Waals surface area contributed by atoms with Gasteiger partial charge in [-0.3, -0.25) is 4.79 Å². The highest BCUT2D eigenvalue weighted by Crippen LogP contribution is 2.40. The molecule has 1 heterocycles. The minimum atomic E-state index is -0.0113.